The Morgan fingerprint density at radius 3 is 2.70 bits per heavy atom. The van der Waals surface area contributed by atoms with Crippen LogP contribution >= 0.6 is 23.4 Å². The number of nitrogens with zero attached hydrogens (tertiary/aromatic N) is 3. The number of halogens is 1. The average Bonchev–Trinajstić information content (AvgIpc) is 3.22. The second kappa shape index (κ2) is 10.4. The fourth-order valence-electron chi connectivity index (χ4n) is 2.80. The number of ether oxygens (including phenoxy) is 2. The maximum absolute atomic E-state index is 12.2. The zero-order valence-electron chi connectivity index (χ0n) is 17.0. The molecule has 7 nitrogen and oxygen atoms in total. The van der Waals surface area contributed by atoms with Crippen molar-refractivity contribution >= 4 is 29.3 Å². The topological polar surface area (TPSA) is 78.3 Å². The van der Waals surface area contributed by atoms with Gasteiger partial charge >= 0.3 is 0 Å². The summed E-state index contributed by atoms with van der Waals surface area (Å²) < 4.78 is 12.4. The molecule has 1 amide bonds. The Balaban J connectivity index is 1.51. The maximum atomic E-state index is 12.2. The third kappa shape index (κ3) is 5.46. The summed E-state index contributed by atoms with van der Waals surface area (Å²) >= 11 is 7.54. The number of rotatable bonds is 9. The van der Waals surface area contributed by atoms with E-state index in [1.807, 2.05) is 47.9 Å². The van der Waals surface area contributed by atoms with E-state index in [2.05, 4.69) is 15.5 Å². The molecule has 1 N–H and O–H groups in total. The van der Waals surface area contributed by atoms with Crippen molar-refractivity contribution in [3.05, 3.63) is 58.9 Å². The van der Waals surface area contributed by atoms with Crippen LogP contribution in [0, 0.1) is 6.92 Å². The van der Waals surface area contributed by atoms with Gasteiger partial charge in [-0.2, -0.15) is 0 Å². The molecule has 1 heterocycles. The number of amides is 1. The highest BCUT2D eigenvalue weighted by molar-refractivity contribution is 7.99. The van der Waals surface area contributed by atoms with Gasteiger partial charge in [0.15, 0.2) is 16.7 Å². The second-order valence-corrected chi connectivity index (χ2v) is 7.84. The van der Waals surface area contributed by atoms with Crippen molar-refractivity contribution < 1.29 is 14.3 Å². The molecular weight excluding hydrogens is 424 g/mol. The molecule has 0 aliphatic carbocycles. The van der Waals surface area contributed by atoms with E-state index in [1.165, 1.54) is 11.8 Å². The quantitative estimate of drug-likeness (QED) is 0.505. The number of aryl methyl sites for hydroxylation is 1. The van der Waals surface area contributed by atoms with Crippen LogP contribution in [0.4, 0.5) is 0 Å². The van der Waals surface area contributed by atoms with E-state index in [0.717, 1.165) is 16.8 Å². The van der Waals surface area contributed by atoms with Crippen molar-refractivity contribution in [2.24, 2.45) is 0 Å². The zero-order valence-corrected chi connectivity index (χ0v) is 18.6. The summed E-state index contributed by atoms with van der Waals surface area (Å²) in [6.07, 6.45) is 2.30. The molecule has 3 aromatic rings. The van der Waals surface area contributed by atoms with Crippen LogP contribution in [0.5, 0.6) is 11.5 Å². The normalized spacial score (nSPS) is 10.7. The Bertz CT molecular complexity index is 1030. The molecule has 0 saturated carbocycles. The number of nitrogens with one attached hydrogen (secondary N) is 1. The Kier molecular flexibility index (Phi) is 7.59. The van der Waals surface area contributed by atoms with Gasteiger partial charge in [0.2, 0.25) is 5.91 Å². The Morgan fingerprint density at radius 2 is 1.97 bits per heavy atom. The van der Waals surface area contributed by atoms with E-state index in [4.69, 9.17) is 21.1 Å². The number of aromatic nitrogens is 3. The monoisotopic (exact) mass is 446 g/mol. The van der Waals surface area contributed by atoms with Crippen molar-refractivity contribution in [2.45, 2.75) is 18.5 Å². The molecule has 1 aromatic heterocycles. The number of thioether (sulfide) groups is 1. The van der Waals surface area contributed by atoms with Crippen LogP contribution in [-0.2, 0) is 11.2 Å². The summed E-state index contributed by atoms with van der Waals surface area (Å²) in [6, 6.07) is 11.5. The van der Waals surface area contributed by atoms with E-state index in [9.17, 15) is 4.79 Å². The number of benzene rings is 2. The third-order valence-corrected chi connectivity index (χ3v) is 5.82. The van der Waals surface area contributed by atoms with Crippen LogP contribution in [0.15, 0.2) is 47.9 Å². The minimum Gasteiger partial charge on any atom is -0.493 e. The zero-order chi connectivity index (χ0) is 21.5. The fraction of sp³-hybridized carbons (Fsp3) is 0.286. The van der Waals surface area contributed by atoms with Crippen LogP contribution in [0.3, 0.4) is 0 Å². The van der Waals surface area contributed by atoms with Gasteiger partial charge in [0.1, 0.15) is 6.33 Å². The van der Waals surface area contributed by atoms with Crippen molar-refractivity contribution in [2.75, 3.05) is 26.5 Å². The van der Waals surface area contributed by atoms with Gasteiger partial charge in [-0.25, -0.2) is 0 Å². The highest BCUT2D eigenvalue weighted by atomic mass is 35.5. The van der Waals surface area contributed by atoms with Gasteiger partial charge in [0, 0.05) is 11.6 Å². The molecule has 2 aromatic carbocycles. The number of methoxy groups -OCH3 is 2. The summed E-state index contributed by atoms with van der Waals surface area (Å²) in [5.41, 5.74) is 2.90. The SMILES string of the molecule is COc1ccc(CCNC(=O)CSc2nncn2-c2ccc(C)c(Cl)c2)cc1OC. The molecule has 0 aliphatic heterocycles. The first kappa shape index (κ1) is 22.0. The minimum atomic E-state index is -0.0723. The van der Waals surface area contributed by atoms with E-state index in [-0.39, 0.29) is 11.7 Å². The van der Waals surface area contributed by atoms with E-state index < -0.39 is 0 Å². The average molecular weight is 447 g/mol. The van der Waals surface area contributed by atoms with Crippen molar-refractivity contribution in [3.63, 3.8) is 0 Å². The summed E-state index contributed by atoms with van der Waals surface area (Å²) in [5.74, 6) is 1.52. The lowest BCUT2D eigenvalue weighted by atomic mass is 10.1. The van der Waals surface area contributed by atoms with Crippen LogP contribution in [0.2, 0.25) is 5.02 Å². The molecule has 0 spiro atoms. The first-order valence-electron chi connectivity index (χ1n) is 9.28. The highest BCUT2D eigenvalue weighted by Gasteiger charge is 2.11. The van der Waals surface area contributed by atoms with E-state index >= 15 is 0 Å². The number of carbonyl (C=O) groups excluding carboxylic acids is 1. The molecule has 0 radical (unpaired) electrons. The lowest BCUT2D eigenvalue weighted by molar-refractivity contribution is -0.118. The van der Waals surface area contributed by atoms with Crippen molar-refractivity contribution in [1.82, 2.24) is 20.1 Å². The molecule has 0 unspecified atom stereocenters. The fourth-order valence-corrected chi connectivity index (χ4v) is 3.73. The molecule has 0 fully saturated rings. The summed E-state index contributed by atoms with van der Waals surface area (Å²) in [4.78, 5) is 12.2. The van der Waals surface area contributed by atoms with Crippen LogP contribution in [0.1, 0.15) is 11.1 Å². The summed E-state index contributed by atoms with van der Waals surface area (Å²) in [7, 11) is 3.20. The lowest BCUT2D eigenvalue weighted by Crippen LogP contribution is -2.27. The van der Waals surface area contributed by atoms with Crippen LogP contribution in [-0.4, -0.2) is 47.2 Å². The lowest BCUT2D eigenvalue weighted by Gasteiger charge is -2.10. The summed E-state index contributed by atoms with van der Waals surface area (Å²) in [6.45, 7) is 2.47. The number of hydrogen-bond acceptors (Lipinski definition) is 6. The number of hydrogen-bond donors (Lipinski definition) is 1. The molecule has 0 aliphatic rings. The minimum absolute atomic E-state index is 0.0723. The molecule has 9 heteroatoms. The second-order valence-electron chi connectivity index (χ2n) is 6.49. The van der Waals surface area contributed by atoms with Gasteiger partial charge in [-0.3, -0.25) is 9.36 Å². The maximum Gasteiger partial charge on any atom is 0.230 e. The molecule has 30 heavy (non-hydrogen) atoms. The van der Waals surface area contributed by atoms with E-state index in [1.54, 1.807) is 20.5 Å². The molecule has 0 saturated heterocycles. The first-order valence-corrected chi connectivity index (χ1v) is 10.6. The Morgan fingerprint density at radius 1 is 1.17 bits per heavy atom. The first-order chi connectivity index (χ1) is 14.5. The van der Waals surface area contributed by atoms with Gasteiger partial charge in [0.25, 0.3) is 0 Å². The highest BCUT2D eigenvalue weighted by Crippen LogP contribution is 2.27. The predicted molar refractivity (Wildman–Crippen MR) is 118 cm³/mol. The van der Waals surface area contributed by atoms with Crippen LogP contribution < -0.4 is 14.8 Å². The van der Waals surface area contributed by atoms with Crippen molar-refractivity contribution in [3.8, 4) is 17.2 Å². The Hall–Kier alpha value is -2.71. The van der Waals surface area contributed by atoms with E-state index in [0.29, 0.717) is 34.6 Å². The van der Waals surface area contributed by atoms with Crippen molar-refractivity contribution in [1.29, 1.82) is 0 Å². The molecule has 158 valence electrons. The van der Waals surface area contributed by atoms with Gasteiger partial charge in [-0.05, 0) is 48.7 Å². The predicted octanol–water partition coefficient (Wildman–Crippen LogP) is 3.70. The van der Waals surface area contributed by atoms with Gasteiger partial charge in [-0.1, -0.05) is 35.5 Å². The smallest absolute Gasteiger partial charge is 0.230 e. The van der Waals surface area contributed by atoms with Crippen LogP contribution in [0.25, 0.3) is 5.69 Å². The molecule has 0 bridgehead atoms. The van der Waals surface area contributed by atoms with Gasteiger partial charge in [-0.15, -0.1) is 10.2 Å². The molecular formula is C21H23ClN4O3S. The Labute approximate surface area is 184 Å². The molecule has 0 atom stereocenters. The van der Waals surface area contributed by atoms with Gasteiger partial charge < -0.3 is 14.8 Å². The summed E-state index contributed by atoms with van der Waals surface area (Å²) in [5, 5.41) is 12.3. The largest absolute Gasteiger partial charge is 0.493 e. The molecule has 3 rings (SSSR count). The van der Waals surface area contributed by atoms with Gasteiger partial charge in [0.05, 0.1) is 25.7 Å². The number of carbonyl (C=O) groups is 1. The standard InChI is InChI=1S/C21H23ClN4O3S/c1-14-4-6-16(11-17(14)22)26-13-24-25-21(26)30-12-20(27)23-9-8-15-5-7-18(28-2)19(10-15)29-3/h4-7,10-11,13H,8-9,12H2,1-3H3,(H,23,27). The third-order valence-electron chi connectivity index (χ3n) is 4.47.